The van der Waals surface area contributed by atoms with Crippen LogP contribution in [0.5, 0.6) is 11.5 Å². The summed E-state index contributed by atoms with van der Waals surface area (Å²) in [5.41, 5.74) is 0.675. The van der Waals surface area contributed by atoms with Crippen LogP contribution in [0.3, 0.4) is 0 Å². The number of benzene rings is 2. The number of hydrogen-bond acceptors (Lipinski definition) is 3. The number of halogens is 2. The van der Waals surface area contributed by atoms with Crippen molar-refractivity contribution >= 4 is 0 Å². The van der Waals surface area contributed by atoms with Crippen molar-refractivity contribution in [1.29, 1.82) is 5.26 Å². The van der Waals surface area contributed by atoms with Crippen molar-refractivity contribution in [3.8, 4) is 17.6 Å². The maximum atomic E-state index is 13.6. The van der Waals surface area contributed by atoms with Crippen LogP contribution < -0.4 is 4.74 Å². The monoisotopic (exact) mass is 275 g/mol. The molecular formula is C15H11F2NO2. The number of aliphatic hydroxyl groups is 1. The van der Waals surface area contributed by atoms with Gasteiger partial charge in [-0.1, -0.05) is 12.1 Å². The molecule has 5 heteroatoms. The fourth-order valence-electron chi connectivity index (χ4n) is 1.72. The highest BCUT2D eigenvalue weighted by molar-refractivity contribution is 5.45. The third kappa shape index (κ3) is 2.76. The Morgan fingerprint density at radius 2 is 1.95 bits per heavy atom. The molecule has 20 heavy (non-hydrogen) atoms. The molecular weight excluding hydrogens is 264 g/mol. The van der Waals surface area contributed by atoms with E-state index in [1.54, 1.807) is 0 Å². The molecule has 0 aliphatic rings. The molecule has 3 nitrogen and oxygen atoms in total. The molecule has 0 radical (unpaired) electrons. The summed E-state index contributed by atoms with van der Waals surface area (Å²) >= 11 is 0. The maximum Gasteiger partial charge on any atom is 0.201 e. The van der Waals surface area contributed by atoms with Gasteiger partial charge in [-0.25, -0.2) is 4.39 Å². The lowest BCUT2D eigenvalue weighted by molar-refractivity contribution is 0.195. The molecule has 2 rings (SSSR count). The topological polar surface area (TPSA) is 53.2 Å². The normalized spacial score (nSPS) is 11.8. The van der Waals surface area contributed by atoms with E-state index in [4.69, 9.17) is 10.00 Å². The lowest BCUT2D eigenvalue weighted by Gasteiger charge is -2.14. The molecule has 0 aromatic heterocycles. The minimum Gasteiger partial charge on any atom is -0.454 e. The molecule has 0 aliphatic heterocycles. The minimum atomic E-state index is -1.12. The van der Waals surface area contributed by atoms with Crippen LogP contribution in [0.1, 0.15) is 24.2 Å². The van der Waals surface area contributed by atoms with Crippen LogP contribution in [0, 0.1) is 23.0 Å². The van der Waals surface area contributed by atoms with Gasteiger partial charge in [-0.3, -0.25) is 0 Å². The van der Waals surface area contributed by atoms with Crippen molar-refractivity contribution in [2.24, 2.45) is 0 Å². The van der Waals surface area contributed by atoms with Crippen molar-refractivity contribution in [3.63, 3.8) is 0 Å². The predicted octanol–water partition coefficient (Wildman–Crippen LogP) is 3.68. The highest BCUT2D eigenvalue weighted by atomic mass is 19.2. The van der Waals surface area contributed by atoms with E-state index < -0.39 is 17.7 Å². The first-order chi connectivity index (χ1) is 9.52. The van der Waals surface area contributed by atoms with E-state index in [0.29, 0.717) is 11.1 Å². The van der Waals surface area contributed by atoms with E-state index in [9.17, 15) is 13.9 Å². The van der Waals surface area contributed by atoms with Crippen LogP contribution in [0.4, 0.5) is 8.78 Å². The smallest absolute Gasteiger partial charge is 0.201 e. The largest absolute Gasteiger partial charge is 0.454 e. The summed E-state index contributed by atoms with van der Waals surface area (Å²) in [5, 5.41) is 18.5. The molecule has 1 atom stereocenters. The molecule has 0 saturated heterocycles. The second-order valence-corrected chi connectivity index (χ2v) is 4.19. The third-order valence-electron chi connectivity index (χ3n) is 2.73. The zero-order chi connectivity index (χ0) is 14.7. The Kier molecular flexibility index (Phi) is 3.97. The Labute approximate surface area is 114 Å². The quantitative estimate of drug-likeness (QED) is 0.929. The van der Waals surface area contributed by atoms with Crippen LogP contribution in [0.25, 0.3) is 0 Å². The molecule has 1 N–H and O–H groups in total. The van der Waals surface area contributed by atoms with Crippen molar-refractivity contribution in [2.45, 2.75) is 13.0 Å². The van der Waals surface area contributed by atoms with Crippen molar-refractivity contribution in [2.75, 3.05) is 0 Å². The molecule has 2 aromatic carbocycles. The second kappa shape index (κ2) is 5.68. The SMILES string of the molecule is CC(O)c1ccc(C#N)cc1Oc1cccc(F)c1F. The summed E-state index contributed by atoms with van der Waals surface area (Å²) in [4.78, 5) is 0. The van der Waals surface area contributed by atoms with Gasteiger partial charge in [0.25, 0.3) is 0 Å². The van der Waals surface area contributed by atoms with Gasteiger partial charge in [-0.05, 0) is 31.2 Å². The fourth-order valence-corrected chi connectivity index (χ4v) is 1.72. The van der Waals surface area contributed by atoms with Crippen LogP contribution in [-0.4, -0.2) is 5.11 Å². The van der Waals surface area contributed by atoms with Crippen LogP contribution in [-0.2, 0) is 0 Å². The van der Waals surface area contributed by atoms with Crippen molar-refractivity contribution < 1.29 is 18.6 Å². The zero-order valence-corrected chi connectivity index (χ0v) is 10.6. The number of nitriles is 1. The maximum absolute atomic E-state index is 13.6. The standard InChI is InChI=1S/C15H11F2NO2/c1-9(19)11-6-5-10(8-18)7-14(11)20-13-4-2-3-12(16)15(13)17/h2-7,9,19H,1H3. The molecule has 0 bridgehead atoms. The summed E-state index contributed by atoms with van der Waals surface area (Å²) in [7, 11) is 0. The van der Waals surface area contributed by atoms with Gasteiger partial charge >= 0.3 is 0 Å². The van der Waals surface area contributed by atoms with Crippen molar-refractivity contribution in [3.05, 3.63) is 59.2 Å². The summed E-state index contributed by atoms with van der Waals surface area (Å²) in [6, 6.07) is 9.86. The number of hydrogen-bond donors (Lipinski definition) is 1. The van der Waals surface area contributed by atoms with Crippen LogP contribution in [0.15, 0.2) is 36.4 Å². The Morgan fingerprint density at radius 1 is 1.20 bits per heavy atom. The average Bonchev–Trinajstić information content (AvgIpc) is 2.43. The van der Waals surface area contributed by atoms with E-state index in [1.807, 2.05) is 6.07 Å². The molecule has 0 spiro atoms. The fraction of sp³-hybridized carbons (Fsp3) is 0.133. The van der Waals surface area contributed by atoms with Gasteiger partial charge in [-0.2, -0.15) is 9.65 Å². The number of aliphatic hydroxyl groups excluding tert-OH is 1. The van der Waals surface area contributed by atoms with E-state index in [-0.39, 0.29) is 11.5 Å². The first-order valence-electron chi connectivity index (χ1n) is 5.87. The number of ether oxygens (including phenoxy) is 1. The third-order valence-corrected chi connectivity index (χ3v) is 2.73. The molecule has 0 saturated carbocycles. The molecule has 2 aromatic rings. The Balaban J connectivity index is 2.46. The van der Waals surface area contributed by atoms with Gasteiger partial charge in [0.2, 0.25) is 5.82 Å². The minimum absolute atomic E-state index is 0.114. The first kappa shape index (κ1) is 14.0. The number of nitrogens with zero attached hydrogens (tertiary/aromatic N) is 1. The van der Waals surface area contributed by atoms with Crippen molar-refractivity contribution in [1.82, 2.24) is 0 Å². The molecule has 0 amide bonds. The van der Waals surface area contributed by atoms with E-state index >= 15 is 0 Å². The van der Waals surface area contributed by atoms with E-state index in [0.717, 1.165) is 6.07 Å². The number of rotatable bonds is 3. The average molecular weight is 275 g/mol. The van der Waals surface area contributed by atoms with Gasteiger partial charge in [0, 0.05) is 5.56 Å². The Morgan fingerprint density at radius 3 is 2.60 bits per heavy atom. The molecule has 0 fully saturated rings. The van der Waals surface area contributed by atoms with Crippen LogP contribution >= 0.6 is 0 Å². The summed E-state index contributed by atoms with van der Waals surface area (Å²) in [6.45, 7) is 1.51. The molecule has 1 unspecified atom stereocenters. The summed E-state index contributed by atoms with van der Waals surface area (Å²) < 4.78 is 32.0. The zero-order valence-electron chi connectivity index (χ0n) is 10.6. The summed E-state index contributed by atoms with van der Waals surface area (Å²) in [6.07, 6.45) is -0.866. The second-order valence-electron chi connectivity index (χ2n) is 4.19. The van der Waals surface area contributed by atoms with Gasteiger partial charge < -0.3 is 9.84 Å². The van der Waals surface area contributed by atoms with E-state index in [2.05, 4.69) is 0 Å². The van der Waals surface area contributed by atoms with Gasteiger partial charge in [0.1, 0.15) is 5.75 Å². The van der Waals surface area contributed by atoms with Gasteiger partial charge in [-0.15, -0.1) is 0 Å². The lowest BCUT2D eigenvalue weighted by atomic mass is 10.1. The lowest BCUT2D eigenvalue weighted by Crippen LogP contribution is -1.98. The van der Waals surface area contributed by atoms with E-state index in [1.165, 1.54) is 37.3 Å². The Bertz CT molecular complexity index is 678. The first-order valence-corrected chi connectivity index (χ1v) is 5.87. The Hall–Kier alpha value is -2.45. The molecule has 102 valence electrons. The highest BCUT2D eigenvalue weighted by Crippen LogP contribution is 2.32. The van der Waals surface area contributed by atoms with Crippen LogP contribution in [0.2, 0.25) is 0 Å². The van der Waals surface area contributed by atoms with Gasteiger partial charge in [0.15, 0.2) is 11.6 Å². The highest BCUT2D eigenvalue weighted by Gasteiger charge is 2.15. The predicted molar refractivity (Wildman–Crippen MR) is 68.2 cm³/mol. The molecule has 0 heterocycles. The molecule has 0 aliphatic carbocycles. The van der Waals surface area contributed by atoms with Gasteiger partial charge in [0.05, 0.1) is 17.7 Å². The summed E-state index contributed by atoms with van der Waals surface area (Å²) in [5.74, 6) is -2.34.